The van der Waals surface area contributed by atoms with Crippen molar-refractivity contribution in [1.82, 2.24) is 9.55 Å². The molecule has 1 saturated carbocycles. The summed E-state index contributed by atoms with van der Waals surface area (Å²) in [6, 6.07) is 7.41. The molecule has 4 rings (SSSR count). The Kier molecular flexibility index (Phi) is 3.98. The third kappa shape index (κ3) is 3.25. The molecule has 0 atom stereocenters. The van der Waals surface area contributed by atoms with Crippen LogP contribution in [0, 0.1) is 0 Å². The van der Waals surface area contributed by atoms with E-state index in [4.69, 9.17) is 4.99 Å². The molecule has 2 aromatic rings. The van der Waals surface area contributed by atoms with E-state index in [-0.39, 0.29) is 31.1 Å². The van der Waals surface area contributed by atoms with Gasteiger partial charge in [0.25, 0.3) is 0 Å². The monoisotopic (exact) mass is 343 g/mol. The van der Waals surface area contributed by atoms with E-state index in [1.54, 1.807) is 12.3 Å². The van der Waals surface area contributed by atoms with Gasteiger partial charge in [-0.25, -0.2) is 13.8 Å². The second-order valence-corrected chi connectivity index (χ2v) is 6.82. The number of halogens is 2. The highest BCUT2D eigenvalue weighted by molar-refractivity contribution is 6.15. The molecule has 2 aliphatic rings. The Labute approximate surface area is 144 Å². The van der Waals surface area contributed by atoms with Gasteiger partial charge in [0.05, 0.1) is 12.0 Å². The lowest BCUT2D eigenvalue weighted by atomic mass is 9.92. The van der Waals surface area contributed by atoms with Crippen molar-refractivity contribution in [3.63, 3.8) is 0 Å². The van der Waals surface area contributed by atoms with Crippen molar-refractivity contribution in [2.45, 2.75) is 50.5 Å². The van der Waals surface area contributed by atoms with Crippen molar-refractivity contribution in [2.75, 3.05) is 0 Å². The van der Waals surface area contributed by atoms with Crippen LogP contribution < -0.4 is 0 Å². The highest BCUT2D eigenvalue weighted by Gasteiger charge is 2.36. The summed E-state index contributed by atoms with van der Waals surface area (Å²) in [6.45, 7) is 0. The number of nitrogens with zero attached hydrogens (tertiary/aromatic N) is 3. The molecule has 0 radical (unpaired) electrons. The number of fused-ring (bicyclic) bond motifs is 1. The smallest absolute Gasteiger partial charge is 0.248 e. The van der Waals surface area contributed by atoms with Crippen molar-refractivity contribution >= 4 is 17.3 Å². The predicted octanol–water partition coefficient (Wildman–Crippen LogP) is 4.54. The first-order valence-electron chi connectivity index (χ1n) is 8.60. The summed E-state index contributed by atoms with van der Waals surface area (Å²) in [6.07, 6.45) is 4.96. The van der Waals surface area contributed by atoms with E-state index in [1.807, 2.05) is 29.0 Å². The van der Waals surface area contributed by atoms with Crippen LogP contribution in [0.15, 0.2) is 41.7 Å². The van der Waals surface area contributed by atoms with Crippen LogP contribution in [0.5, 0.6) is 0 Å². The van der Waals surface area contributed by atoms with Crippen LogP contribution >= 0.6 is 0 Å². The maximum absolute atomic E-state index is 13.4. The largest absolute Gasteiger partial charge is 0.329 e. The topological polar surface area (TPSA) is 47.2 Å². The fourth-order valence-corrected chi connectivity index (χ4v) is 3.66. The van der Waals surface area contributed by atoms with Crippen molar-refractivity contribution in [2.24, 2.45) is 4.99 Å². The summed E-state index contributed by atoms with van der Waals surface area (Å²) in [5.74, 6) is -1.90. The molecule has 0 bridgehead atoms. The zero-order valence-electron chi connectivity index (χ0n) is 13.8. The molecule has 1 aliphatic heterocycles. The quantitative estimate of drug-likeness (QED) is 0.822. The number of ketones is 1. The molecule has 0 unspecified atom stereocenters. The first-order chi connectivity index (χ1) is 12.0. The van der Waals surface area contributed by atoms with Gasteiger partial charge in [0.1, 0.15) is 5.82 Å². The number of carbonyl (C=O) groups excluding carboxylic acids is 1. The van der Waals surface area contributed by atoms with Crippen LogP contribution in [-0.4, -0.2) is 27.0 Å². The minimum absolute atomic E-state index is 0.0193. The average Bonchev–Trinajstić information content (AvgIpc) is 3.00. The Morgan fingerprint density at radius 3 is 2.72 bits per heavy atom. The molecule has 0 saturated heterocycles. The fourth-order valence-electron chi connectivity index (χ4n) is 3.66. The van der Waals surface area contributed by atoms with Crippen LogP contribution in [0.25, 0.3) is 0 Å². The second kappa shape index (κ2) is 6.17. The van der Waals surface area contributed by atoms with Gasteiger partial charge < -0.3 is 4.57 Å². The summed E-state index contributed by atoms with van der Waals surface area (Å²) >= 11 is 0. The Morgan fingerprint density at radius 2 is 2.00 bits per heavy atom. The number of Topliss-reactive ketones (excluding diaryl/α,β-unsaturated/α-hetero) is 1. The van der Waals surface area contributed by atoms with E-state index in [9.17, 15) is 13.6 Å². The minimum atomic E-state index is -2.56. The number of pyridine rings is 1. The van der Waals surface area contributed by atoms with Crippen molar-refractivity contribution in [3.05, 3.63) is 47.9 Å². The molecule has 130 valence electrons. The molecule has 3 heterocycles. The molecule has 25 heavy (non-hydrogen) atoms. The maximum atomic E-state index is 13.4. The molecule has 2 aromatic heterocycles. The molecular formula is C19H19F2N3O. The van der Waals surface area contributed by atoms with Crippen LogP contribution in [0.2, 0.25) is 0 Å². The highest BCUT2D eigenvalue weighted by Crippen LogP contribution is 2.41. The lowest BCUT2D eigenvalue weighted by Crippen LogP contribution is -2.26. The second-order valence-electron chi connectivity index (χ2n) is 6.82. The molecule has 4 nitrogen and oxygen atoms in total. The van der Waals surface area contributed by atoms with Crippen molar-refractivity contribution < 1.29 is 13.6 Å². The van der Waals surface area contributed by atoms with E-state index >= 15 is 0 Å². The first-order valence-corrected chi connectivity index (χ1v) is 8.60. The van der Waals surface area contributed by atoms with Crippen molar-refractivity contribution in [3.8, 4) is 0 Å². The fraction of sp³-hybridized carbons (Fsp3) is 0.421. The molecule has 6 heteroatoms. The number of hydrogen-bond acceptors (Lipinski definition) is 3. The van der Waals surface area contributed by atoms with Gasteiger partial charge in [-0.15, -0.1) is 0 Å². The van der Waals surface area contributed by atoms with E-state index in [2.05, 4.69) is 4.98 Å². The van der Waals surface area contributed by atoms with E-state index in [1.165, 1.54) is 0 Å². The van der Waals surface area contributed by atoms with Crippen LogP contribution in [0.1, 0.15) is 54.2 Å². The van der Waals surface area contributed by atoms with E-state index in [0.29, 0.717) is 30.6 Å². The van der Waals surface area contributed by atoms with Gasteiger partial charge in [-0.2, -0.15) is 0 Å². The lowest BCUT2D eigenvalue weighted by molar-refractivity contribution is -0.0438. The number of aromatic nitrogens is 2. The average molecular weight is 343 g/mol. The molecule has 0 spiro atoms. The van der Waals surface area contributed by atoms with Gasteiger partial charge >= 0.3 is 0 Å². The number of alkyl halides is 2. The molecule has 1 aliphatic carbocycles. The standard InChI is InChI=1S/C19H19F2N3O/c20-19(21)7-4-15(5-8-19)24-10-6-16-17(25)12-14(23-18(16)24)11-13-3-1-2-9-22-13/h1-3,6,9-10,15H,4-5,7-8,11-12H2. The summed E-state index contributed by atoms with van der Waals surface area (Å²) in [5, 5.41) is 0. The van der Waals surface area contributed by atoms with Gasteiger partial charge in [0.15, 0.2) is 5.78 Å². The van der Waals surface area contributed by atoms with Gasteiger partial charge in [-0.1, -0.05) is 6.07 Å². The Hall–Kier alpha value is -2.37. The number of hydrogen-bond donors (Lipinski definition) is 0. The van der Waals surface area contributed by atoms with Crippen LogP contribution in [-0.2, 0) is 6.42 Å². The molecule has 0 aromatic carbocycles. The Balaban J connectivity index is 1.61. The van der Waals surface area contributed by atoms with Crippen molar-refractivity contribution in [1.29, 1.82) is 0 Å². The van der Waals surface area contributed by atoms with Gasteiger partial charge in [0.2, 0.25) is 5.92 Å². The Bertz CT molecular complexity index is 816. The zero-order valence-corrected chi connectivity index (χ0v) is 13.8. The van der Waals surface area contributed by atoms with E-state index in [0.717, 1.165) is 11.4 Å². The molecule has 0 N–H and O–H groups in total. The first kappa shape index (κ1) is 16.1. The minimum Gasteiger partial charge on any atom is -0.329 e. The summed E-state index contributed by atoms with van der Waals surface area (Å²) in [7, 11) is 0. The van der Waals surface area contributed by atoms with Gasteiger partial charge in [-0.3, -0.25) is 9.78 Å². The molecular weight excluding hydrogens is 324 g/mol. The predicted molar refractivity (Wildman–Crippen MR) is 90.9 cm³/mol. The zero-order chi connectivity index (χ0) is 17.4. The lowest BCUT2D eigenvalue weighted by Gasteiger charge is -2.30. The number of carbonyl (C=O) groups is 1. The highest BCUT2D eigenvalue weighted by atomic mass is 19.3. The SMILES string of the molecule is O=C1CC(Cc2ccccn2)=Nc2c1ccn2C1CCC(F)(F)CC1. The normalized spacial score (nSPS) is 20.2. The molecule has 0 amide bonds. The van der Waals surface area contributed by atoms with Crippen LogP contribution in [0.4, 0.5) is 14.6 Å². The number of rotatable bonds is 3. The van der Waals surface area contributed by atoms with E-state index < -0.39 is 5.92 Å². The summed E-state index contributed by atoms with van der Waals surface area (Å²) < 4.78 is 28.8. The third-order valence-corrected chi connectivity index (χ3v) is 5.01. The van der Waals surface area contributed by atoms with Gasteiger partial charge in [0, 0.05) is 49.1 Å². The Morgan fingerprint density at radius 1 is 1.20 bits per heavy atom. The summed E-state index contributed by atoms with van der Waals surface area (Å²) in [4.78, 5) is 21.4. The third-order valence-electron chi connectivity index (χ3n) is 5.01. The summed E-state index contributed by atoms with van der Waals surface area (Å²) in [5.41, 5.74) is 2.24. The maximum Gasteiger partial charge on any atom is 0.248 e. The van der Waals surface area contributed by atoms with Gasteiger partial charge in [-0.05, 0) is 31.0 Å². The van der Waals surface area contributed by atoms with Crippen LogP contribution in [0.3, 0.4) is 0 Å². The number of aliphatic imine (C=N–C) groups is 1. The molecule has 1 fully saturated rings.